The van der Waals surface area contributed by atoms with Gasteiger partial charge in [0.25, 0.3) is 0 Å². The fourth-order valence-electron chi connectivity index (χ4n) is 2.69. The van der Waals surface area contributed by atoms with Crippen LogP contribution in [0.1, 0.15) is 26.7 Å². The van der Waals surface area contributed by atoms with Crippen LogP contribution in [0, 0.1) is 11.8 Å². The summed E-state index contributed by atoms with van der Waals surface area (Å²) in [6.45, 7) is 9.12. The third kappa shape index (κ3) is 4.40. The zero-order valence-corrected chi connectivity index (χ0v) is 11.4. The highest BCUT2D eigenvalue weighted by atomic mass is 15.2. The van der Waals surface area contributed by atoms with Gasteiger partial charge in [-0.3, -0.25) is 4.90 Å². The highest BCUT2D eigenvalue weighted by molar-refractivity contribution is 4.83. The highest BCUT2D eigenvalue weighted by Crippen LogP contribution is 2.21. The van der Waals surface area contributed by atoms with Crippen molar-refractivity contribution in [1.82, 2.24) is 9.80 Å². The normalized spacial score (nSPS) is 24.6. The summed E-state index contributed by atoms with van der Waals surface area (Å²) in [4.78, 5) is 4.96. The number of hydrogen-bond acceptors (Lipinski definition) is 3. The number of nitrogens with zero attached hydrogens (tertiary/aromatic N) is 2. The molecule has 0 saturated carbocycles. The Labute approximate surface area is 101 Å². The van der Waals surface area contributed by atoms with Crippen molar-refractivity contribution in [2.45, 2.75) is 32.7 Å². The first-order valence-corrected chi connectivity index (χ1v) is 6.61. The molecule has 0 aliphatic carbocycles. The first-order valence-electron chi connectivity index (χ1n) is 6.61. The van der Waals surface area contributed by atoms with Crippen molar-refractivity contribution in [1.29, 1.82) is 0 Å². The van der Waals surface area contributed by atoms with E-state index >= 15 is 0 Å². The Morgan fingerprint density at radius 2 is 2.06 bits per heavy atom. The molecule has 2 N–H and O–H groups in total. The molecule has 0 aromatic heterocycles. The van der Waals surface area contributed by atoms with Gasteiger partial charge in [-0.1, -0.05) is 13.8 Å². The molecule has 2 unspecified atom stereocenters. The van der Waals surface area contributed by atoms with Gasteiger partial charge in [0.2, 0.25) is 0 Å². The second-order valence-electron chi connectivity index (χ2n) is 5.93. The zero-order chi connectivity index (χ0) is 12.1. The van der Waals surface area contributed by atoms with Crippen LogP contribution in [0.3, 0.4) is 0 Å². The van der Waals surface area contributed by atoms with E-state index in [4.69, 9.17) is 5.73 Å². The van der Waals surface area contributed by atoms with Crippen LogP contribution in [0.15, 0.2) is 0 Å². The Hall–Kier alpha value is -0.120. The second-order valence-corrected chi connectivity index (χ2v) is 5.93. The van der Waals surface area contributed by atoms with E-state index < -0.39 is 0 Å². The summed E-state index contributed by atoms with van der Waals surface area (Å²) in [6, 6.07) is 0.714. The molecule has 0 amide bonds. The molecular formula is C13H29N3. The maximum Gasteiger partial charge on any atom is 0.0225 e. The summed E-state index contributed by atoms with van der Waals surface area (Å²) >= 11 is 0. The van der Waals surface area contributed by atoms with E-state index in [2.05, 4.69) is 37.7 Å². The quantitative estimate of drug-likeness (QED) is 0.741. The predicted molar refractivity (Wildman–Crippen MR) is 70.5 cm³/mol. The molecule has 1 aliphatic rings. The van der Waals surface area contributed by atoms with E-state index in [0.717, 1.165) is 18.4 Å². The van der Waals surface area contributed by atoms with E-state index in [9.17, 15) is 0 Å². The summed E-state index contributed by atoms with van der Waals surface area (Å²) in [7, 11) is 4.34. The molecule has 0 spiro atoms. The second kappa shape index (κ2) is 6.58. The lowest BCUT2D eigenvalue weighted by molar-refractivity contribution is 0.167. The van der Waals surface area contributed by atoms with Gasteiger partial charge < -0.3 is 10.6 Å². The predicted octanol–water partition coefficient (Wildman–Crippen LogP) is 1.24. The lowest BCUT2D eigenvalue weighted by Gasteiger charge is -2.31. The van der Waals surface area contributed by atoms with Crippen LogP contribution < -0.4 is 5.73 Å². The number of hydrogen-bond donors (Lipinski definition) is 1. The van der Waals surface area contributed by atoms with E-state index in [0.29, 0.717) is 6.04 Å². The highest BCUT2D eigenvalue weighted by Gasteiger charge is 2.27. The maximum absolute atomic E-state index is 5.76. The minimum atomic E-state index is 0.714. The largest absolute Gasteiger partial charge is 0.330 e. The summed E-state index contributed by atoms with van der Waals surface area (Å²) in [6.07, 6.45) is 2.59. The molecule has 1 aliphatic heterocycles. The average Bonchev–Trinajstić information content (AvgIpc) is 2.63. The maximum atomic E-state index is 5.76. The van der Waals surface area contributed by atoms with Crippen molar-refractivity contribution < 1.29 is 0 Å². The monoisotopic (exact) mass is 227 g/mol. The molecule has 0 radical (unpaired) electrons. The van der Waals surface area contributed by atoms with Gasteiger partial charge in [0.05, 0.1) is 0 Å². The molecule has 96 valence electrons. The van der Waals surface area contributed by atoms with Gasteiger partial charge in [0.1, 0.15) is 0 Å². The van der Waals surface area contributed by atoms with Crippen LogP contribution in [0.2, 0.25) is 0 Å². The van der Waals surface area contributed by atoms with Gasteiger partial charge in [-0.15, -0.1) is 0 Å². The van der Waals surface area contributed by atoms with Crippen molar-refractivity contribution in [2.24, 2.45) is 17.6 Å². The Morgan fingerprint density at radius 1 is 1.38 bits per heavy atom. The first kappa shape index (κ1) is 13.9. The van der Waals surface area contributed by atoms with E-state index in [1.54, 1.807) is 0 Å². The molecule has 1 heterocycles. The molecular weight excluding hydrogens is 198 g/mol. The smallest absolute Gasteiger partial charge is 0.0225 e. The molecule has 0 aromatic carbocycles. The molecule has 1 saturated heterocycles. The van der Waals surface area contributed by atoms with E-state index in [1.165, 1.54) is 32.5 Å². The van der Waals surface area contributed by atoms with Gasteiger partial charge in [-0.2, -0.15) is 0 Å². The summed E-state index contributed by atoms with van der Waals surface area (Å²) < 4.78 is 0. The Balaban J connectivity index is 2.48. The number of nitrogens with two attached hydrogens (primary N) is 1. The minimum absolute atomic E-state index is 0.714. The van der Waals surface area contributed by atoms with Crippen LogP contribution in [0.4, 0.5) is 0 Å². The van der Waals surface area contributed by atoms with Crippen molar-refractivity contribution in [3.05, 3.63) is 0 Å². The van der Waals surface area contributed by atoms with Crippen LogP contribution in [0.5, 0.6) is 0 Å². The topological polar surface area (TPSA) is 32.5 Å². The Morgan fingerprint density at radius 3 is 2.50 bits per heavy atom. The van der Waals surface area contributed by atoms with Crippen molar-refractivity contribution in [3.8, 4) is 0 Å². The van der Waals surface area contributed by atoms with Crippen molar-refractivity contribution in [2.75, 3.05) is 40.3 Å². The first-order chi connectivity index (χ1) is 7.52. The van der Waals surface area contributed by atoms with Gasteiger partial charge in [0.15, 0.2) is 0 Å². The van der Waals surface area contributed by atoms with Crippen LogP contribution >= 0.6 is 0 Å². The van der Waals surface area contributed by atoms with Crippen LogP contribution in [0.25, 0.3) is 0 Å². The van der Waals surface area contributed by atoms with Crippen molar-refractivity contribution in [3.63, 3.8) is 0 Å². The van der Waals surface area contributed by atoms with E-state index in [-0.39, 0.29) is 0 Å². The Bertz CT molecular complexity index is 182. The SMILES string of the molecule is CC(C)CC(CN(C)C)N1CCC(CN)C1. The fourth-order valence-corrected chi connectivity index (χ4v) is 2.69. The molecule has 1 fully saturated rings. The van der Waals surface area contributed by atoms with Gasteiger partial charge in [0, 0.05) is 19.1 Å². The van der Waals surface area contributed by atoms with Gasteiger partial charge in [-0.25, -0.2) is 0 Å². The zero-order valence-electron chi connectivity index (χ0n) is 11.4. The molecule has 16 heavy (non-hydrogen) atoms. The summed E-state index contributed by atoms with van der Waals surface area (Å²) in [5, 5.41) is 0. The van der Waals surface area contributed by atoms with E-state index in [1.807, 2.05) is 0 Å². The third-order valence-corrected chi connectivity index (χ3v) is 3.49. The molecule has 3 heteroatoms. The third-order valence-electron chi connectivity index (χ3n) is 3.49. The van der Waals surface area contributed by atoms with Gasteiger partial charge in [-0.05, 0) is 51.9 Å². The summed E-state index contributed by atoms with van der Waals surface area (Å²) in [5.41, 5.74) is 5.76. The molecule has 0 bridgehead atoms. The minimum Gasteiger partial charge on any atom is -0.330 e. The fraction of sp³-hybridized carbons (Fsp3) is 1.00. The molecule has 0 aromatic rings. The molecule has 3 nitrogen and oxygen atoms in total. The average molecular weight is 227 g/mol. The standard InChI is InChI=1S/C13H29N3/c1-11(2)7-13(10-15(3)4)16-6-5-12(8-14)9-16/h11-13H,5-10,14H2,1-4H3. The molecule has 1 rings (SSSR count). The van der Waals surface area contributed by atoms with Crippen molar-refractivity contribution >= 4 is 0 Å². The lowest BCUT2D eigenvalue weighted by atomic mass is 10.0. The Kier molecular flexibility index (Phi) is 5.73. The van der Waals surface area contributed by atoms with Crippen LogP contribution in [-0.2, 0) is 0 Å². The summed E-state index contributed by atoms with van der Waals surface area (Å²) in [5.74, 6) is 1.51. The molecule has 2 atom stereocenters. The van der Waals surface area contributed by atoms with Crippen LogP contribution in [-0.4, -0.2) is 56.1 Å². The number of rotatable bonds is 6. The van der Waals surface area contributed by atoms with Gasteiger partial charge >= 0.3 is 0 Å². The number of likely N-dealkylation sites (N-methyl/N-ethyl adjacent to an activating group) is 1. The number of likely N-dealkylation sites (tertiary alicyclic amines) is 1. The lowest BCUT2D eigenvalue weighted by Crippen LogP contribution is -2.42.